The molecule has 1 atom stereocenters. The monoisotopic (exact) mass is 661 g/mol. The van der Waals surface area contributed by atoms with Gasteiger partial charge in [0.2, 0.25) is 5.91 Å². The first-order valence-electron chi connectivity index (χ1n) is 16.5. The summed E-state index contributed by atoms with van der Waals surface area (Å²) in [6.07, 6.45) is 4.97. The van der Waals surface area contributed by atoms with Crippen molar-refractivity contribution in [1.82, 2.24) is 15.0 Å². The molecule has 0 radical (unpaired) electrons. The van der Waals surface area contributed by atoms with Gasteiger partial charge in [-0.1, -0.05) is 54.9 Å². The molecule has 2 aliphatic heterocycles. The Kier molecular flexibility index (Phi) is 9.26. The number of carbonyl (C=O) groups excluding carboxylic acids is 2. The highest BCUT2D eigenvalue weighted by atomic mass is 32.2. The van der Waals surface area contributed by atoms with E-state index in [0.717, 1.165) is 42.6 Å². The van der Waals surface area contributed by atoms with Crippen LogP contribution in [0, 0.1) is 19.8 Å². The Morgan fingerprint density at radius 1 is 1.13 bits per heavy atom. The van der Waals surface area contributed by atoms with Gasteiger partial charge in [-0.2, -0.15) is 0 Å². The van der Waals surface area contributed by atoms with Gasteiger partial charge in [0, 0.05) is 43.0 Å². The van der Waals surface area contributed by atoms with Gasteiger partial charge in [-0.05, 0) is 62.8 Å². The zero-order valence-electron chi connectivity index (χ0n) is 27.5. The molecule has 1 N–H and O–H groups in total. The van der Waals surface area contributed by atoms with E-state index in [0.29, 0.717) is 61.5 Å². The summed E-state index contributed by atoms with van der Waals surface area (Å²) >= 11 is 0. The van der Waals surface area contributed by atoms with E-state index in [1.54, 1.807) is 43.0 Å². The molecule has 1 spiro atoms. The zero-order chi connectivity index (χ0) is 33.3. The molecule has 2 fully saturated rings. The van der Waals surface area contributed by atoms with Crippen LogP contribution in [0.2, 0.25) is 0 Å². The van der Waals surface area contributed by atoms with Crippen LogP contribution in [0.3, 0.4) is 0 Å². The highest BCUT2D eigenvalue weighted by molar-refractivity contribution is 7.92. The predicted molar refractivity (Wildman–Crippen MR) is 178 cm³/mol. The molecule has 2 amide bonds. The van der Waals surface area contributed by atoms with Crippen LogP contribution in [0.4, 0.5) is 5.82 Å². The smallest absolute Gasteiger partial charge is 0.263 e. The number of aromatic nitrogens is 1. The first-order chi connectivity index (χ1) is 22.6. The Morgan fingerprint density at radius 2 is 1.91 bits per heavy atom. The number of carbonyl (C=O) groups is 2. The number of hydrogen-bond donors (Lipinski definition) is 1. The van der Waals surface area contributed by atoms with E-state index in [9.17, 15) is 18.0 Å². The quantitative estimate of drug-likeness (QED) is 0.252. The Labute approximate surface area is 276 Å². The number of benzene rings is 2. The summed E-state index contributed by atoms with van der Waals surface area (Å²) in [5.74, 6) is 1.67. The first-order valence-corrected chi connectivity index (χ1v) is 18.0. The number of unbranched alkanes of at least 4 members (excludes halogenated alkanes) is 1. The normalized spacial score (nSPS) is 19.6. The van der Waals surface area contributed by atoms with Gasteiger partial charge in [0.25, 0.3) is 15.9 Å². The van der Waals surface area contributed by atoms with E-state index < -0.39 is 15.6 Å². The third kappa shape index (κ3) is 6.58. The van der Waals surface area contributed by atoms with Crippen molar-refractivity contribution in [3.63, 3.8) is 0 Å². The van der Waals surface area contributed by atoms with Crippen molar-refractivity contribution >= 4 is 33.5 Å². The largest absolute Gasteiger partial charge is 0.377 e. The number of ether oxygens (including phenoxy) is 1. The minimum absolute atomic E-state index is 0.0500. The third-order valence-electron chi connectivity index (χ3n) is 9.36. The lowest BCUT2D eigenvalue weighted by atomic mass is 9.96. The highest BCUT2D eigenvalue weighted by Gasteiger charge is 2.53. The van der Waals surface area contributed by atoms with Crippen molar-refractivity contribution in [2.75, 3.05) is 24.4 Å². The predicted octanol–water partition coefficient (Wildman–Crippen LogP) is 5.61. The van der Waals surface area contributed by atoms with Gasteiger partial charge < -0.3 is 14.2 Å². The molecule has 6 rings (SSSR count). The lowest BCUT2D eigenvalue weighted by Gasteiger charge is -2.24. The van der Waals surface area contributed by atoms with Gasteiger partial charge in [0.1, 0.15) is 11.6 Å². The fourth-order valence-electron chi connectivity index (χ4n) is 6.39. The number of aryl methyl sites for hydroxylation is 1. The molecule has 11 nitrogen and oxygen atoms in total. The number of hydrogen-bond acceptors (Lipinski definition) is 8. The van der Waals surface area contributed by atoms with Gasteiger partial charge in [-0.25, -0.2) is 8.42 Å². The van der Waals surface area contributed by atoms with Crippen molar-refractivity contribution in [1.29, 1.82) is 0 Å². The number of amides is 2. The maximum absolute atomic E-state index is 14.1. The molecule has 3 aliphatic rings. The number of amidine groups is 1. The number of sulfonamides is 1. The molecule has 0 bridgehead atoms. The average molecular weight is 662 g/mol. The molecule has 250 valence electrons. The summed E-state index contributed by atoms with van der Waals surface area (Å²) in [6.45, 7) is 9.45. The standard InChI is InChI=1S/C35H43N5O6S/c1-5-7-12-31-36-35(17-18-39(22-35)33(41)26-14-15-26)34(42)40(31)20-25-13-16-28(27(19-25)21-45-6-2)29-10-8-9-11-30(29)47(43,44)38-32-23(3)24(4)46-37-32/h8-11,13,16,19,26H,5-7,12,14-15,17-18,20-22H2,1-4H3,(H,37,38)/t35-/m1/s1. The van der Waals surface area contributed by atoms with Gasteiger partial charge in [-0.15, -0.1) is 0 Å². The van der Waals surface area contributed by atoms with Crippen LogP contribution in [-0.4, -0.2) is 66.3 Å². The van der Waals surface area contributed by atoms with Crippen LogP contribution >= 0.6 is 0 Å². The van der Waals surface area contributed by atoms with Gasteiger partial charge in [-0.3, -0.25) is 24.2 Å². The van der Waals surface area contributed by atoms with Crippen molar-refractivity contribution in [3.8, 4) is 11.1 Å². The SMILES string of the molecule is CCCCC1=N[C@@]2(CCN(C(=O)C3CC3)C2)C(=O)N1Cc1ccc(-c2ccccc2S(=O)(=O)Nc2noc(C)c2C)c(COCC)c1. The lowest BCUT2D eigenvalue weighted by molar-refractivity contribution is -0.133. The number of likely N-dealkylation sites (tertiary alicyclic amines) is 1. The molecule has 3 aromatic rings. The highest BCUT2D eigenvalue weighted by Crippen LogP contribution is 2.39. The van der Waals surface area contributed by atoms with Crippen molar-refractivity contribution in [3.05, 3.63) is 64.9 Å². The topological polar surface area (TPSA) is 134 Å². The van der Waals surface area contributed by atoms with Crippen LogP contribution in [0.1, 0.15) is 74.8 Å². The van der Waals surface area contributed by atoms with E-state index in [4.69, 9.17) is 14.3 Å². The van der Waals surface area contributed by atoms with Crippen molar-refractivity contribution in [2.45, 2.75) is 89.8 Å². The lowest BCUT2D eigenvalue weighted by Crippen LogP contribution is -2.45. The summed E-state index contributed by atoms with van der Waals surface area (Å²) in [6, 6.07) is 12.6. The van der Waals surface area contributed by atoms with Gasteiger partial charge >= 0.3 is 0 Å². The molecular formula is C35H43N5O6S. The Balaban J connectivity index is 1.30. The van der Waals surface area contributed by atoms with E-state index in [1.165, 1.54) is 0 Å². The maximum atomic E-state index is 14.1. The molecule has 12 heteroatoms. The fraction of sp³-hybridized carbons (Fsp3) is 0.486. The van der Waals surface area contributed by atoms with Crippen LogP contribution in [0.15, 0.2) is 56.9 Å². The molecule has 1 saturated carbocycles. The molecule has 3 heterocycles. The van der Waals surface area contributed by atoms with E-state index in [1.807, 2.05) is 30.0 Å². The van der Waals surface area contributed by atoms with Crippen molar-refractivity contribution in [2.24, 2.45) is 10.9 Å². The molecule has 1 aromatic heterocycles. The van der Waals surface area contributed by atoms with Crippen LogP contribution in [0.5, 0.6) is 0 Å². The third-order valence-corrected chi connectivity index (χ3v) is 10.8. The summed E-state index contributed by atoms with van der Waals surface area (Å²) in [4.78, 5) is 35.7. The van der Waals surface area contributed by atoms with E-state index in [-0.39, 0.29) is 35.1 Å². The Hall–Kier alpha value is -4.03. The first kappa shape index (κ1) is 32.9. The van der Waals surface area contributed by atoms with Crippen LogP contribution in [-0.2, 0) is 37.5 Å². The van der Waals surface area contributed by atoms with Crippen molar-refractivity contribution < 1.29 is 27.3 Å². The molecule has 2 aromatic carbocycles. The molecular weight excluding hydrogens is 618 g/mol. The van der Waals surface area contributed by atoms with E-state index in [2.05, 4.69) is 16.8 Å². The Morgan fingerprint density at radius 3 is 2.62 bits per heavy atom. The maximum Gasteiger partial charge on any atom is 0.263 e. The number of rotatable bonds is 13. The molecule has 0 unspecified atom stereocenters. The summed E-state index contributed by atoms with van der Waals surface area (Å²) in [5, 5.41) is 3.88. The van der Waals surface area contributed by atoms with Crippen LogP contribution in [0.25, 0.3) is 11.1 Å². The second-order valence-electron chi connectivity index (χ2n) is 12.8. The van der Waals surface area contributed by atoms with Gasteiger partial charge in [0.05, 0.1) is 24.6 Å². The summed E-state index contributed by atoms with van der Waals surface area (Å²) in [5.41, 5.74) is 2.62. The number of nitrogens with one attached hydrogen (secondary N) is 1. The number of nitrogens with zero attached hydrogens (tertiary/aromatic N) is 4. The van der Waals surface area contributed by atoms with Gasteiger partial charge in [0.15, 0.2) is 11.4 Å². The molecule has 1 aliphatic carbocycles. The number of anilines is 1. The van der Waals surface area contributed by atoms with E-state index >= 15 is 0 Å². The second-order valence-corrected chi connectivity index (χ2v) is 14.4. The zero-order valence-corrected chi connectivity index (χ0v) is 28.4. The fourth-order valence-corrected chi connectivity index (χ4v) is 7.67. The molecule has 1 saturated heterocycles. The second kappa shape index (κ2) is 13.2. The Bertz CT molecular complexity index is 1810. The minimum atomic E-state index is -4.03. The molecule has 47 heavy (non-hydrogen) atoms. The average Bonchev–Trinajstić information content (AvgIpc) is 3.70. The number of aliphatic imine (C=N–C) groups is 1. The van der Waals surface area contributed by atoms with Crippen LogP contribution < -0.4 is 4.72 Å². The summed E-state index contributed by atoms with van der Waals surface area (Å²) in [7, 11) is -4.03. The summed E-state index contributed by atoms with van der Waals surface area (Å²) < 4.78 is 40.9. The minimum Gasteiger partial charge on any atom is -0.377 e.